The Kier molecular flexibility index (Phi) is 3.75. The maximum Gasteiger partial charge on any atom is 0.227 e. The molecule has 0 unspecified atom stereocenters. The molecule has 3 nitrogen and oxygen atoms in total. The van der Waals surface area contributed by atoms with Crippen molar-refractivity contribution in [2.45, 2.75) is 19.8 Å². The third kappa shape index (κ3) is 2.71. The molecule has 0 spiro atoms. The normalized spacial score (nSPS) is 14.7. The quantitative estimate of drug-likeness (QED) is 0.674. The molecule has 23 heavy (non-hydrogen) atoms. The summed E-state index contributed by atoms with van der Waals surface area (Å²) in [5.74, 6) is 0.224. The molecule has 3 heterocycles. The Bertz CT molecular complexity index is 848. The molecule has 0 aliphatic carbocycles. The van der Waals surface area contributed by atoms with Crippen molar-refractivity contribution in [3.05, 3.63) is 46.7 Å². The molecule has 116 valence electrons. The van der Waals surface area contributed by atoms with Crippen LogP contribution in [0, 0.1) is 6.92 Å². The van der Waals surface area contributed by atoms with Crippen molar-refractivity contribution in [1.82, 2.24) is 4.98 Å². The molecule has 1 amide bonds. The predicted octanol–water partition coefficient (Wildman–Crippen LogP) is 4.97. The number of aryl methyl sites for hydroxylation is 1. The van der Waals surface area contributed by atoms with Crippen LogP contribution in [-0.2, 0) is 4.79 Å². The lowest BCUT2D eigenvalue weighted by molar-refractivity contribution is -0.117. The van der Waals surface area contributed by atoms with Crippen molar-refractivity contribution in [3.8, 4) is 21.1 Å². The van der Waals surface area contributed by atoms with Crippen molar-refractivity contribution in [3.63, 3.8) is 0 Å². The summed E-state index contributed by atoms with van der Waals surface area (Å²) in [7, 11) is 0. The fourth-order valence-electron chi connectivity index (χ4n) is 2.84. The third-order valence-electron chi connectivity index (χ3n) is 4.11. The number of aromatic nitrogens is 1. The first kappa shape index (κ1) is 14.6. The molecule has 4 rings (SSSR count). The van der Waals surface area contributed by atoms with Crippen LogP contribution in [0.25, 0.3) is 21.1 Å². The van der Waals surface area contributed by atoms with E-state index in [1.165, 1.54) is 10.4 Å². The van der Waals surface area contributed by atoms with E-state index >= 15 is 0 Å². The molecule has 1 fully saturated rings. The van der Waals surface area contributed by atoms with Crippen LogP contribution in [0.3, 0.4) is 0 Å². The summed E-state index contributed by atoms with van der Waals surface area (Å²) < 4.78 is 0. The fraction of sp³-hybridized carbons (Fsp3) is 0.222. The highest BCUT2D eigenvalue weighted by Gasteiger charge is 2.21. The van der Waals surface area contributed by atoms with E-state index in [1.54, 1.807) is 22.7 Å². The average molecular weight is 340 g/mol. The van der Waals surface area contributed by atoms with Crippen LogP contribution in [0.4, 0.5) is 5.69 Å². The van der Waals surface area contributed by atoms with E-state index in [0.29, 0.717) is 6.42 Å². The number of carbonyl (C=O) groups is 1. The summed E-state index contributed by atoms with van der Waals surface area (Å²) in [6, 6.07) is 10.3. The van der Waals surface area contributed by atoms with Gasteiger partial charge in [-0.15, -0.1) is 22.7 Å². The average Bonchev–Trinajstić information content (AvgIpc) is 3.28. The Morgan fingerprint density at radius 1 is 1.13 bits per heavy atom. The predicted molar refractivity (Wildman–Crippen MR) is 97.2 cm³/mol. The maximum atomic E-state index is 11.8. The summed E-state index contributed by atoms with van der Waals surface area (Å²) in [6.45, 7) is 2.95. The van der Waals surface area contributed by atoms with Crippen molar-refractivity contribution < 1.29 is 4.79 Å². The number of anilines is 1. The van der Waals surface area contributed by atoms with Crippen molar-refractivity contribution >= 4 is 34.3 Å². The molecule has 0 saturated carbocycles. The van der Waals surface area contributed by atoms with E-state index in [-0.39, 0.29) is 5.91 Å². The molecule has 0 atom stereocenters. The number of hydrogen-bond donors (Lipinski definition) is 0. The Hall–Kier alpha value is -1.98. The van der Waals surface area contributed by atoms with Gasteiger partial charge in [0.25, 0.3) is 0 Å². The molecule has 3 aromatic rings. The first-order valence-electron chi connectivity index (χ1n) is 7.63. The summed E-state index contributed by atoms with van der Waals surface area (Å²) in [6.07, 6.45) is 1.62. The maximum absolute atomic E-state index is 11.8. The Morgan fingerprint density at radius 3 is 2.61 bits per heavy atom. The topological polar surface area (TPSA) is 33.2 Å². The monoisotopic (exact) mass is 340 g/mol. The van der Waals surface area contributed by atoms with Gasteiger partial charge in [-0.05, 0) is 42.5 Å². The lowest BCUT2D eigenvalue weighted by Crippen LogP contribution is -2.23. The van der Waals surface area contributed by atoms with Gasteiger partial charge in [0.15, 0.2) is 0 Å². The lowest BCUT2D eigenvalue weighted by Gasteiger charge is -2.15. The largest absolute Gasteiger partial charge is 0.312 e. The standard InChI is InChI=1S/C18H16N2OS2/c1-12-8-10-22-17(12)18-19-15(11-23-18)13-4-6-14(7-5-13)20-9-2-3-16(20)21/h4-8,10-11H,2-3,9H2,1H3. The number of hydrogen-bond acceptors (Lipinski definition) is 4. The minimum absolute atomic E-state index is 0.224. The Morgan fingerprint density at radius 2 is 1.96 bits per heavy atom. The molecule has 1 saturated heterocycles. The number of thiophene rings is 1. The van der Waals surface area contributed by atoms with Gasteiger partial charge in [-0.1, -0.05) is 12.1 Å². The molecule has 2 aromatic heterocycles. The molecular formula is C18H16N2OS2. The highest BCUT2D eigenvalue weighted by atomic mass is 32.1. The first-order chi connectivity index (χ1) is 11.2. The van der Waals surface area contributed by atoms with Gasteiger partial charge in [0.05, 0.1) is 10.6 Å². The first-order valence-corrected chi connectivity index (χ1v) is 9.39. The number of amides is 1. The zero-order valence-electron chi connectivity index (χ0n) is 12.8. The van der Waals surface area contributed by atoms with E-state index in [0.717, 1.165) is 34.9 Å². The zero-order valence-corrected chi connectivity index (χ0v) is 14.4. The molecule has 0 radical (unpaired) electrons. The fourth-order valence-corrected chi connectivity index (χ4v) is 4.76. The second-order valence-electron chi connectivity index (χ2n) is 5.67. The van der Waals surface area contributed by atoms with Gasteiger partial charge in [0.1, 0.15) is 5.01 Å². The van der Waals surface area contributed by atoms with Crippen LogP contribution in [0.5, 0.6) is 0 Å². The molecule has 1 aliphatic heterocycles. The number of nitrogens with zero attached hydrogens (tertiary/aromatic N) is 2. The molecule has 1 aromatic carbocycles. The molecule has 0 N–H and O–H groups in total. The van der Waals surface area contributed by atoms with E-state index in [4.69, 9.17) is 4.98 Å². The van der Waals surface area contributed by atoms with Crippen LogP contribution in [-0.4, -0.2) is 17.4 Å². The van der Waals surface area contributed by atoms with Crippen LogP contribution in [0.1, 0.15) is 18.4 Å². The van der Waals surface area contributed by atoms with Crippen LogP contribution in [0.15, 0.2) is 41.1 Å². The third-order valence-corrected chi connectivity index (χ3v) is 6.12. The number of carbonyl (C=O) groups excluding carboxylic acids is 1. The summed E-state index contributed by atoms with van der Waals surface area (Å²) in [5.41, 5.74) is 4.36. The molecule has 1 aliphatic rings. The molecule has 0 bridgehead atoms. The van der Waals surface area contributed by atoms with Crippen LogP contribution < -0.4 is 4.90 Å². The number of thiazole rings is 1. The van der Waals surface area contributed by atoms with E-state index in [9.17, 15) is 4.79 Å². The van der Waals surface area contributed by atoms with Gasteiger partial charge in [0.2, 0.25) is 5.91 Å². The highest BCUT2D eigenvalue weighted by molar-refractivity contribution is 7.20. The van der Waals surface area contributed by atoms with Crippen molar-refractivity contribution in [2.75, 3.05) is 11.4 Å². The van der Waals surface area contributed by atoms with Crippen LogP contribution in [0.2, 0.25) is 0 Å². The van der Waals surface area contributed by atoms with Gasteiger partial charge in [-0.25, -0.2) is 4.98 Å². The second kappa shape index (κ2) is 5.91. The zero-order chi connectivity index (χ0) is 15.8. The summed E-state index contributed by atoms with van der Waals surface area (Å²) in [4.78, 5) is 19.7. The summed E-state index contributed by atoms with van der Waals surface area (Å²) >= 11 is 3.42. The van der Waals surface area contributed by atoms with E-state index < -0.39 is 0 Å². The van der Waals surface area contributed by atoms with Crippen LogP contribution >= 0.6 is 22.7 Å². The lowest BCUT2D eigenvalue weighted by atomic mass is 10.1. The second-order valence-corrected chi connectivity index (χ2v) is 7.44. The van der Waals surface area contributed by atoms with Crippen molar-refractivity contribution in [2.24, 2.45) is 0 Å². The Balaban J connectivity index is 1.60. The highest BCUT2D eigenvalue weighted by Crippen LogP contribution is 2.34. The van der Waals surface area contributed by atoms with Gasteiger partial charge in [0, 0.05) is 29.6 Å². The minimum atomic E-state index is 0.224. The van der Waals surface area contributed by atoms with Gasteiger partial charge in [-0.3, -0.25) is 4.79 Å². The van der Waals surface area contributed by atoms with E-state index in [2.05, 4.69) is 35.9 Å². The minimum Gasteiger partial charge on any atom is -0.312 e. The SMILES string of the molecule is Cc1ccsc1-c1nc(-c2ccc(N3CCCC3=O)cc2)cs1. The Labute approximate surface area is 143 Å². The van der Waals surface area contributed by atoms with Crippen molar-refractivity contribution in [1.29, 1.82) is 0 Å². The summed E-state index contributed by atoms with van der Waals surface area (Å²) in [5, 5.41) is 5.28. The van der Waals surface area contributed by atoms with E-state index in [1.807, 2.05) is 17.0 Å². The van der Waals surface area contributed by atoms with Gasteiger partial charge < -0.3 is 4.90 Å². The number of rotatable bonds is 3. The van der Waals surface area contributed by atoms with Gasteiger partial charge >= 0.3 is 0 Å². The number of benzene rings is 1. The smallest absolute Gasteiger partial charge is 0.227 e. The molecular weight excluding hydrogens is 324 g/mol. The van der Waals surface area contributed by atoms with Gasteiger partial charge in [-0.2, -0.15) is 0 Å². The molecule has 5 heteroatoms.